The van der Waals surface area contributed by atoms with Crippen LogP contribution in [0.4, 0.5) is 5.82 Å². The number of nitrogens with one attached hydrogen (secondary N) is 1. The fourth-order valence-corrected chi connectivity index (χ4v) is 2.44. The van der Waals surface area contributed by atoms with Crippen molar-refractivity contribution >= 4 is 11.5 Å². The Morgan fingerprint density at radius 3 is 2.83 bits per heavy atom. The molecule has 1 N–H and O–H groups in total. The van der Waals surface area contributed by atoms with E-state index in [1.165, 1.54) is 12.8 Å². The third-order valence-corrected chi connectivity index (χ3v) is 4.22. The molecule has 1 aliphatic rings. The fraction of sp³-hybridized carbons (Fsp3) is 0.615. The largest absolute Gasteiger partial charge is 0.366 e. The van der Waals surface area contributed by atoms with Gasteiger partial charge < -0.3 is 5.32 Å². The highest BCUT2D eigenvalue weighted by Gasteiger charge is 2.45. The van der Waals surface area contributed by atoms with Crippen LogP contribution < -0.4 is 5.32 Å². The lowest BCUT2D eigenvalue weighted by Gasteiger charge is -2.20. The van der Waals surface area contributed by atoms with Crippen molar-refractivity contribution in [1.82, 2.24) is 19.6 Å². The highest BCUT2D eigenvalue weighted by Crippen LogP contribution is 2.51. The second-order valence-electron chi connectivity index (χ2n) is 5.59. The van der Waals surface area contributed by atoms with Crippen molar-refractivity contribution < 1.29 is 0 Å². The molecule has 0 spiro atoms. The number of hydrogen-bond acceptors (Lipinski definition) is 4. The van der Waals surface area contributed by atoms with Crippen molar-refractivity contribution in [2.45, 2.75) is 33.6 Å². The average Bonchev–Trinajstić information content (AvgIpc) is 3.07. The van der Waals surface area contributed by atoms with Crippen molar-refractivity contribution in [2.75, 3.05) is 11.9 Å². The molecule has 0 saturated heterocycles. The van der Waals surface area contributed by atoms with Crippen LogP contribution >= 0.6 is 0 Å². The van der Waals surface area contributed by atoms with Gasteiger partial charge in [0.25, 0.3) is 0 Å². The van der Waals surface area contributed by atoms with Crippen LogP contribution in [-0.2, 0) is 0 Å². The standard InChI is InChI=1S/C13H19N5/c1-9(2)13(4-5-13)8-15-11-12-17-16-10(3)18(12)7-6-14-11/h6-7,9H,4-5,8H2,1-3H3,(H,14,15). The van der Waals surface area contributed by atoms with Gasteiger partial charge in [-0.1, -0.05) is 13.8 Å². The molecule has 0 radical (unpaired) electrons. The van der Waals surface area contributed by atoms with E-state index in [-0.39, 0.29) is 0 Å². The summed E-state index contributed by atoms with van der Waals surface area (Å²) < 4.78 is 1.96. The van der Waals surface area contributed by atoms with E-state index in [9.17, 15) is 0 Å². The first-order chi connectivity index (χ1) is 8.62. The Kier molecular flexibility index (Phi) is 2.50. The molecule has 0 aromatic carbocycles. The third kappa shape index (κ3) is 1.74. The first kappa shape index (κ1) is 11.4. The van der Waals surface area contributed by atoms with Crippen LogP contribution in [-0.4, -0.2) is 26.1 Å². The summed E-state index contributed by atoms with van der Waals surface area (Å²) in [7, 11) is 0. The van der Waals surface area contributed by atoms with E-state index in [2.05, 4.69) is 34.3 Å². The SMILES string of the molecule is Cc1nnc2c(NCC3(C(C)C)CC3)nccn12. The minimum atomic E-state index is 0.462. The van der Waals surface area contributed by atoms with Gasteiger partial charge in [-0.15, -0.1) is 10.2 Å². The Labute approximate surface area is 107 Å². The highest BCUT2D eigenvalue weighted by molar-refractivity contribution is 5.62. The van der Waals surface area contributed by atoms with E-state index in [1.807, 2.05) is 17.5 Å². The van der Waals surface area contributed by atoms with Crippen molar-refractivity contribution in [3.63, 3.8) is 0 Å². The number of hydrogen-bond donors (Lipinski definition) is 1. The van der Waals surface area contributed by atoms with E-state index in [4.69, 9.17) is 0 Å². The zero-order chi connectivity index (χ0) is 12.8. The van der Waals surface area contributed by atoms with Gasteiger partial charge in [-0.25, -0.2) is 4.98 Å². The number of fused-ring (bicyclic) bond motifs is 1. The normalized spacial score (nSPS) is 17.3. The minimum Gasteiger partial charge on any atom is -0.366 e. The van der Waals surface area contributed by atoms with Crippen LogP contribution in [0.3, 0.4) is 0 Å². The van der Waals surface area contributed by atoms with E-state index < -0.39 is 0 Å². The first-order valence-electron chi connectivity index (χ1n) is 6.53. The maximum atomic E-state index is 4.38. The Balaban J connectivity index is 1.83. The van der Waals surface area contributed by atoms with Gasteiger partial charge in [-0.05, 0) is 31.1 Å². The molecule has 1 saturated carbocycles. The molecule has 0 bridgehead atoms. The third-order valence-electron chi connectivity index (χ3n) is 4.22. The van der Waals surface area contributed by atoms with Gasteiger partial charge in [0, 0.05) is 18.9 Å². The molecule has 2 aromatic rings. The Hall–Kier alpha value is -1.65. The molecule has 2 heterocycles. The van der Waals surface area contributed by atoms with Crippen molar-refractivity contribution in [1.29, 1.82) is 0 Å². The topological polar surface area (TPSA) is 55.1 Å². The second kappa shape index (κ2) is 3.93. The average molecular weight is 245 g/mol. The molecule has 1 fully saturated rings. The second-order valence-corrected chi connectivity index (χ2v) is 5.59. The summed E-state index contributed by atoms with van der Waals surface area (Å²) in [5.74, 6) is 2.44. The summed E-state index contributed by atoms with van der Waals surface area (Å²) in [6.45, 7) is 7.51. The van der Waals surface area contributed by atoms with Gasteiger partial charge in [0.05, 0.1) is 0 Å². The van der Waals surface area contributed by atoms with Crippen LogP contribution in [0.1, 0.15) is 32.5 Å². The summed E-state index contributed by atoms with van der Waals surface area (Å²) in [6, 6.07) is 0. The summed E-state index contributed by atoms with van der Waals surface area (Å²) in [5.41, 5.74) is 1.28. The Morgan fingerprint density at radius 1 is 1.39 bits per heavy atom. The van der Waals surface area contributed by atoms with E-state index in [0.29, 0.717) is 11.3 Å². The van der Waals surface area contributed by atoms with Crippen molar-refractivity contribution in [3.8, 4) is 0 Å². The van der Waals surface area contributed by atoms with Gasteiger partial charge in [-0.2, -0.15) is 0 Å². The molecule has 1 aliphatic carbocycles. The highest BCUT2D eigenvalue weighted by atomic mass is 15.3. The summed E-state index contributed by atoms with van der Waals surface area (Å²) in [5, 5.41) is 11.7. The van der Waals surface area contributed by atoms with E-state index in [0.717, 1.165) is 23.8 Å². The number of aromatic nitrogens is 4. The summed E-state index contributed by atoms with van der Waals surface area (Å²) in [4.78, 5) is 4.38. The lowest BCUT2D eigenvalue weighted by molar-refractivity contribution is 0.380. The zero-order valence-corrected chi connectivity index (χ0v) is 11.1. The fourth-order valence-electron chi connectivity index (χ4n) is 2.44. The predicted octanol–water partition coefficient (Wildman–Crippen LogP) is 2.28. The molecular formula is C13H19N5. The van der Waals surface area contributed by atoms with Crippen molar-refractivity contribution in [2.24, 2.45) is 11.3 Å². The minimum absolute atomic E-state index is 0.462. The Bertz CT molecular complexity index is 568. The monoisotopic (exact) mass is 245 g/mol. The van der Waals surface area contributed by atoms with Gasteiger partial charge in [0.2, 0.25) is 5.65 Å². The van der Waals surface area contributed by atoms with Gasteiger partial charge in [-0.3, -0.25) is 4.40 Å². The summed E-state index contributed by atoms with van der Waals surface area (Å²) in [6.07, 6.45) is 6.31. The van der Waals surface area contributed by atoms with Crippen LogP contribution in [0, 0.1) is 18.3 Å². The maximum absolute atomic E-state index is 4.38. The van der Waals surface area contributed by atoms with Crippen molar-refractivity contribution in [3.05, 3.63) is 18.2 Å². The predicted molar refractivity (Wildman–Crippen MR) is 70.5 cm³/mol. The van der Waals surface area contributed by atoms with Crippen LogP contribution in [0.5, 0.6) is 0 Å². The zero-order valence-electron chi connectivity index (χ0n) is 11.1. The van der Waals surface area contributed by atoms with Gasteiger partial charge in [0.1, 0.15) is 5.82 Å². The lowest BCUT2D eigenvalue weighted by atomic mass is 9.92. The maximum Gasteiger partial charge on any atom is 0.203 e. The smallest absolute Gasteiger partial charge is 0.203 e. The molecule has 2 aromatic heterocycles. The molecule has 18 heavy (non-hydrogen) atoms. The van der Waals surface area contributed by atoms with Crippen LogP contribution in [0.15, 0.2) is 12.4 Å². The van der Waals surface area contributed by atoms with Crippen LogP contribution in [0.2, 0.25) is 0 Å². The number of anilines is 1. The molecule has 0 aliphatic heterocycles. The van der Waals surface area contributed by atoms with E-state index >= 15 is 0 Å². The number of nitrogens with zero attached hydrogens (tertiary/aromatic N) is 4. The Morgan fingerprint density at radius 2 is 2.17 bits per heavy atom. The molecule has 0 atom stereocenters. The quantitative estimate of drug-likeness (QED) is 0.898. The van der Waals surface area contributed by atoms with Gasteiger partial charge >= 0.3 is 0 Å². The molecule has 5 nitrogen and oxygen atoms in total. The molecule has 96 valence electrons. The number of aryl methyl sites for hydroxylation is 1. The molecule has 3 rings (SSSR count). The first-order valence-corrected chi connectivity index (χ1v) is 6.53. The molecule has 5 heteroatoms. The summed E-state index contributed by atoms with van der Waals surface area (Å²) >= 11 is 0. The van der Waals surface area contributed by atoms with Gasteiger partial charge in [0.15, 0.2) is 5.82 Å². The number of rotatable bonds is 4. The van der Waals surface area contributed by atoms with E-state index in [1.54, 1.807) is 6.20 Å². The van der Waals surface area contributed by atoms with Crippen LogP contribution in [0.25, 0.3) is 5.65 Å². The molecule has 0 unspecified atom stereocenters. The molecule has 0 amide bonds. The lowest BCUT2D eigenvalue weighted by Crippen LogP contribution is -2.21. The molecular weight excluding hydrogens is 226 g/mol.